The molecule has 33 heavy (non-hydrogen) atoms. The molecule has 0 aliphatic carbocycles. The van der Waals surface area contributed by atoms with Crippen molar-refractivity contribution in [1.82, 2.24) is 13.8 Å². The third-order valence-corrected chi connectivity index (χ3v) is 7.21. The molecule has 0 atom stereocenters. The third kappa shape index (κ3) is 1.76. The second-order valence-electron chi connectivity index (χ2n) is 8.88. The van der Waals surface area contributed by atoms with E-state index in [0.29, 0.717) is 0 Å². The van der Waals surface area contributed by atoms with Crippen LogP contribution >= 0.6 is 0 Å². The van der Waals surface area contributed by atoms with Gasteiger partial charge in [0.1, 0.15) is 11.2 Å². The Morgan fingerprint density at radius 3 is 2.30 bits per heavy atom. The molecule has 0 saturated heterocycles. The predicted molar refractivity (Wildman–Crippen MR) is 135 cm³/mol. The molecule has 4 heterocycles. The number of fused-ring (bicyclic) bond motifs is 13. The quantitative estimate of drug-likeness (QED) is 0.253. The van der Waals surface area contributed by atoms with Gasteiger partial charge < -0.3 is 4.42 Å². The van der Waals surface area contributed by atoms with Gasteiger partial charge in [0.25, 0.3) is 0 Å². The number of hydrogen-bond donors (Lipinski definition) is 0. The molecule has 0 bridgehead atoms. The van der Waals surface area contributed by atoms with Gasteiger partial charge in [-0.25, -0.2) is 4.98 Å². The van der Waals surface area contributed by atoms with Gasteiger partial charge in [0.15, 0.2) is 0 Å². The van der Waals surface area contributed by atoms with Crippen molar-refractivity contribution in [2.75, 3.05) is 0 Å². The number of aromatic nitrogens is 3. The van der Waals surface area contributed by atoms with Crippen molar-refractivity contribution >= 4 is 76.8 Å². The molecule has 0 unspecified atom stereocenters. The average molecular weight is 421 g/mol. The van der Waals surface area contributed by atoms with Crippen LogP contribution in [0.5, 0.6) is 0 Å². The summed E-state index contributed by atoms with van der Waals surface area (Å²) in [6.45, 7) is 0. The summed E-state index contributed by atoms with van der Waals surface area (Å²) in [6, 6.07) is 32.1. The first-order chi connectivity index (χ1) is 16.4. The lowest BCUT2D eigenvalue weighted by molar-refractivity contribution is 0.669. The number of benzene rings is 5. The lowest BCUT2D eigenvalue weighted by Crippen LogP contribution is -1.85. The van der Waals surface area contributed by atoms with E-state index in [9.17, 15) is 0 Å². The topological polar surface area (TPSA) is 34.9 Å². The van der Waals surface area contributed by atoms with Gasteiger partial charge >= 0.3 is 0 Å². The zero-order valence-electron chi connectivity index (χ0n) is 17.4. The first-order valence-corrected chi connectivity index (χ1v) is 11.2. The Labute approximate surface area is 186 Å². The maximum Gasteiger partial charge on any atom is 0.220 e. The Balaban J connectivity index is 1.63. The highest BCUT2D eigenvalue weighted by atomic mass is 16.3. The van der Waals surface area contributed by atoms with Crippen molar-refractivity contribution in [1.29, 1.82) is 0 Å². The number of rotatable bonds is 0. The van der Waals surface area contributed by atoms with Crippen LogP contribution in [0.1, 0.15) is 0 Å². The average Bonchev–Trinajstić information content (AvgIpc) is 3.57. The van der Waals surface area contributed by atoms with E-state index in [0.717, 1.165) is 38.7 Å². The standard InChI is InChI=1S/C29H15N3O/c1-2-7-17-15-23-21(14-16(17)6-1)30-29-31(23)22-10-5-9-18-19-12-13-25-26(28(19)32(29)27(18)22)20-8-3-4-11-24(20)33-25/h1-15H. The highest BCUT2D eigenvalue weighted by Crippen LogP contribution is 2.42. The number of furan rings is 1. The van der Waals surface area contributed by atoms with E-state index in [1.54, 1.807) is 0 Å². The molecule has 0 saturated carbocycles. The first-order valence-electron chi connectivity index (χ1n) is 11.2. The molecule has 9 rings (SSSR count). The summed E-state index contributed by atoms with van der Waals surface area (Å²) in [5.41, 5.74) is 7.52. The summed E-state index contributed by atoms with van der Waals surface area (Å²) in [5.74, 6) is 0.944. The van der Waals surface area contributed by atoms with Crippen molar-refractivity contribution in [2.45, 2.75) is 0 Å². The molecule has 0 aliphatic rings. The Kier molecular flexibility index (Phi) is 2.56. The van der Waals surface area contributed by atoms with E-state index in [1.165, 1.54) is 38.1 Å². The monoisotopic (exact) mass is 421 g/mol. The van der Waals surface area contributed by atoms with E-state index in [2.05, 4.69) is 87.7 Å². The van der Waals surface area contributed by atoms with E-state index >= 15 is 0 Å². The molecule has 0 N–H and O–H groups in total. The smallest absolute Gasteiger partial charge is 0.220 e. The van der Waals surface area contributed by atoms with E-state index < -0.39 is 0 Å². The second kappa shape index (κ2) is 5.25. The molecule has 0 amide bonds. The molecule has 9 aromatic rings. The molecular weight excluding hydrogens is 406 g/mol. The van der Waals surface area contributed by atoms with Crippen molar-refractivity contribution in [3.63, 3.8) is 0 Å². The molecule has 0 fully saturated rings. The fourth-order valence-electron chi connectivity index (χ4n) is 5.86. The van der Waals surface area contributed by atoms with E-state index in [-0.39, 0.29) is 0 Å². The first kappa shape index (κ1) is 16.1. The van der Waals surface area contributed by atoms with Crippen molar-refractivity contribution < 1.29 is 4.42 Å². The number of imidazole rings is 2. The minimum absolute atomic E-state index is 0.907. The zero-order valence-corrected chi connectivity index (χ0v) is 17.4. The maximum atomic E-state index is 6.23. The van der Waals surface area contributed by atoms with Gasteiger partial charge in [0.2, 0.25) is 5.78 Å². The van der Waals surface area contributed by atoms with Gasteiger partial charge in [-0.15, -0.1) is 0 Å². The van der Waals surface area contributed by atoms with Crippen LogP contribution in [0, 0.1) is 0 Å². The van der Waals surface area contributed by atoms with Gasteiger partial charge in [-0.3, -0.25) is 8.80 Å². The van der Waals surface area contributed by atoms with Crippen LogP contribution in [0.15, 0.2) is 95.4 Å². The Morgan fingerprint density at radius 1 is 0.576 bits per heavy atom. The van der Waals surface area contributed by atoms with Crippen LogP contribution in [-0.2, 0) is 0 Å². The number of nitrogens with zero attached hydrogens (tertiary/aromatic N) is 3. The normalized spacial score (nSPS) is 12.8. The van der Waals surface area contributed by atoms with Crippen LogP contribution in [-0.4, -0.2) is 13.8 Å². The summed E-state index contributed by atoms with van der Waals surface area (Å²) < 4.78 is 10.9. The van der Waals surface area contributed by atoms with Crippen LogP contribution in [0.2, 0.25) is 0 Å². The fraction of sp³-hybridized carbons (Fsp3) is 0. The van der Waals surface area contributed by atoms with Crippen molar-refractivity contribution in [3.8, 4) is 0 Å². The Bertz CT molecular complexity index is 2240. The summed E-state index contributed by atoms with van der Waals surface area (Å²) >= 11 is 0. The van der Waals surface area contributed by atoms with Crippen LogP contribution in [0.25, 0.3) is 76.8 Å². The molecule has 0 radical (unpaired) electrons. The number of hydrogen-bond acceptors (Lipinski definition) is 2. The molecule has 4 aromatic heterocycles. The summed E-state index contributed by atoms with van der Waals surface area (Å²) in [5, 5.41) is 7.20. The Hall–Kier alpha value is -4.57. The third-order valence-electron chi connectivity index (χ3n) is 7.21. The fourth-order valence-corrected chi connectivity index (χ4v) is 5.86. The minimum Gasteiger partial charge on any atom is -0.456 e. The van der Waals surface area contributed by atoms with Gasteiger partial charge in [-0.2, -0.15) is 0 Å². The van der Waals surface area contributed by atoms with Crippen molar-refractivity contribution in [2.24, 2.45) is 0 Å². The molecule has 0 spiro atoms. The number of para-hydroxylation sites is 2. The predicted octanol–water partition coefficient (Wildman–Crippen LogP) is 7.54. The van der Waals surface area contributed by atoms with Gasteiger partial charge in [-0.1, -0.05) is 54.6 Å². The van der Waals surface area contributed by atoms with Crippen LogP contribution in [0.3, 0.4) is 0 Å². The largest absolute Gasteiger partial charge is 0.456 e. The molecule has 0 aliphatic heterocycles. The van der Waals surface area contributed by atoms with Crippen LogP contribution < -0.4 is 0 Å². The zero-order chi connectivity index (χ0) is 21.3. The van der Waals surface area contributed by atoms with E-state index in [1.807, 2.05) is 12.1 Å². The molecule has 5 aromatic carbocycles. The van der Waals surface area contributed by atoms with E-state index in [4.69, 9.17) is 9.40 Å². The lowest BCUT2D eigenvalue weighted by atomic mass is 10.1. The summed E-state index contributed by atoms with van der Waals surface area (Å²) in [6.07, 6.45) is 0. The molecule has 4 nitrogen and oxygen atoms in total. The highest BCUT2D eigenvalue weighted by molar-refractivity contribution is 6.26. The summed E-state index contributed by atoms with van der Waals surface area (Å²) in [4.78, 5) is 5.17. The maximum absolute atomic E-state index is 6.23. The highest BCUT2D eigenvalue weighted by Gasteiger charge is 2.23. The molecular formula is C29H15N3O. The Morgan fingerprint density at radius 2 is 1.36 bits per heavy atom. The van der Waals surface area contributed by atoms with Crippen LogP contribution in [0.4, 0.5) is 0 Å². The molecule has 152 valence electrons. The van der Waals surface area contributed by atoms with Gasteiger partial charge in [0, 0.05) is 16.2 Å². The van der Waals surface area contributed by atoms with Gasteiger partial charge in [0.05, 0.1) is 33.0 Å². The molecule has 4 heteroatoms. The van der Waals surface area contributed by atoms with Crippen molar-refractivity contribution in [3.05, 3.63) is 91.0 Å². The SMILES string of the molecule is c1ccc2cc3c(cc2c1)nc1n3c2cccc3c4ccc5oc6ccccc6c5c4n1c32. The second-order valence-corrected chi connectivity index (χ2v) is 8.88. The lowest BCUT2D eigenvalue weighted by Gasteiger charge is -1.99. The summed E-state index contributed by atoms with van der Waals surface area (Å²) in [7, 11) is 0. The van der Waals surface area contributed by atoms with Gasteiger partial charge in [-0.05, 0) is 47.2 Å². The minimum atomic E-state index is 0.907.